The van der Waals surface area contributed by atoms with Gasteiger partial charge in [0.2, 0.25) is 5.91 Å². The minimum Gasteiger partial charge on any atom is -0.369 e. The Balaban J connectivity index is 1.70. The molecule has 0 spiro atoms. The van der Waals surface area contributed by atoms with E-state index < -0.39 is 0 Å². The Labute approximate surface area is 104 Å². The number of piperidine rings is 1. The van der Waals surface area contributed by atoms with Crippen LogP contribution in [0.3, 0.4) is 0 Å². The summed E-state index contributed by atoms with van der Waals surface area (Å²) in [7, 11) is 0. The standard InChI is InChI=1S/C13H25N3O/c1-10-3-2-4-12(10)15-11-5-7-16(8-6-11)9-13(14)17/h10-12,15H,2-9H2,1H3,(H2,14,17). The lowest BCUT2D eigenvalue weighted by Crippen LogP contribution is -2.48. The number of rotatable bonds is 4. The van der Waals surface area contributed by atoms with Gasteiger partial charge in [0.25, 0.3) is 0 Å². The Morgan fingerprint density at radius 2 is 2.00 bits per heavy atom. The average molecular weight is 239 g/mol. The van der Waals surface area contributed by atoms with Crippen molar-refractivity contribution < 1.29 is 4.79 Å². The molecule has 4 nitrogen and oxygen atoms in total. The number of amides is 1. The number of nitrogens with zero attached hydrogens (tertiary/aromatic N) is 1. The first-order chi connectivity index (χ1) is 8.15. The maximum absolute atomic E-state index is 10.8. The molecule has 0 aromatic carbocycles. The van der Waals surface area contributed by atoms with Crippen LogP contribution < -0.4 is 11.1 Å². The lowest BCUT2D eigenvalue weighted by atomic mass is 10.0. The van der Waals surface area contributed by atoms with E-state index in [1.54, 1.807) is 0 Å². The van der Waals surface area contributed by atoms with Gasteiger partial charge in [0, 0.05) is 25.2 Å². The highest BCUT2D eigenvalue weighted by molar-refractivity contribution is 5.75. The van der Waals surface area contributed by atoms with Gasteiger partial charge in [-0.25, -0.2) is 0 Å². The predicted molar refractivity (Wildman–Crippen MR) is 68.6 cm³/mol. The molecule has 0 aromatic heterocycles. The summed E-state index contributed by atoms with van der Waals surface area (Å²) in [6.45, 7) is 4.78. The van der Waals surface area contributed by atoms with Crippen LogP contribution in [0.25, 0.3) is 0 Å². The summed E-state index contributed by atoms with van der Waals surface area (Å²) in [5.74, 6) is 0.625. The van der Waals surface area contributed by atoms with Gasteiger partial charge in [-0.2, -0.15) is 0 Å². The van der Waals surface area contributed by atoms with Crippen LogP contribution in [-0.2, 0) is 4.79 Å². The smallest absolute Gasteiger partial charge is 0.231 e. The van der Waals surface area contributed by atoms with Crippen molar-refractivity contribution >= 4 is 5.91 Å². The fourth-order valence-corrected chi connectivity index (χ4v) is 3.17. The van der Waals surface area contributed by atoms with Crippen LogP contribution in [0.1, 0.15) is 39.0 Å². The maximum atomic E-state index is 10.8. The zero-order chi connectivity index (χ0) is 12.3. The van der Waals surface area contributed by atoms with Crippen molar-refractivity contribution in [3.8, 4) is 0 Å². The van der Waals surface area contributed by atoms with Crippen LogP contribution in [0.4, 0.5) is 0 Å². The number of nitrogens with one attached hydrogen (secondary N) is 1. The van der Waals surface area contributed by atoms with E-state index in [1.807, 2.05) is 0 Å². The molecule has 0 aromatic rings. The van der Waals surface area contributed by atoms with Gasteiger partial charge in [-0.15, -0.1) is 0 Å². The molecule has 1 aliphatic carbocycles. The summed E-state index contributed by atoms with van der Waals surface area (Å²) >= 11 is 0. The lowest BCUT2D eigenvalue weighted by Gasteiger charge is -2.34. The van der Waals surface area contributed by atoms with E-state index in [-0.39, 0.29) is 5.91 Å². The first kappa shape index (κ1) is 12.8. The molecule has 98 valence electrons. The van der Waals surface area contributed by atoms with E-state index >= 15 is 0 Å². The van der Waals surface area contributed by atoms with E-state index in [0.717, 1.165) is 37.9 Å². The normalized spacial score (nSPS) is 31.8. The van der Waals surface area contributed by atoms with Gasteiger partial charge < -0.3 is 11.1 Å². The van der Waals surface area contributed by atoms with Crippen molar-refractivity contribution in [1.29, 1.82) is 0 Å². The quantitative estimate of drug-likeness (QED) is 0.760. The van der Waals surface area contributed by atoms with Crippen molar-refractivity contribution in [3.05, 3.63) is 0 Å². The molecular weight excluding hydrogens is 214 g/mol. The Bertz CT molecular complexity index is 261. The summed E-state index contributed by atoms with van der Waals surface area (Å²) in [5, 5.41) is 3.80. The van der Waals surface area contributed by atoms with E-state index in [1.165, 1.54) is 19.3 Å². The molecule has 2 atom stereocenters. The van der Waals surface area contributed by atoms with Crippen molar-refractivity contribution in [2.75, 3.05) is 19.6 Å². The Kier molecular flexibility index (Phi) is 4.40. The molecule has 1 saturated heterocycles. The first-order valence-electron chi connectivity index (χ1n) is 6.92. The van der Waals surface area contributed by atoms with Crippen molar-refractivity contribution in [2.24, 2.45) is 11.7 Å². The topological polar surface area (TPSA) is 58.4 Å². The molecule has 4 heteroatoms. The van der Waals surface area contributed by atoms with Gasteiger partial charge in [0.1, 0.15) is 0 Å². The number of primary amides is 1. The van der Waals surface area contributed by atoms with Crippen molar-refractivity contribution in [2.45, 2.75) is 51.1 Å². The molecule has 1 saturated carbocycles. The summed E-state index contributed by atoms with van der Waals surface area (Å²) < 4.78 is 0. The number of carbonyl (C=O) groups excluding carboxylic acids is 1. The third-order valence-corrected chi connectivity index (χ3v) is 4.28. The Hall–Kier alpha value is -0.610. The predicted octanol–water partition coefficient (Wildman–Crippen LogP) is 0.714. The number of likely N-dealkylation sites (tertiary alicyclic amines) is 1. The fraction of sp³-hybridized carbons (Fsp3) is 0.923. The maximum Gasteiger partial charge on any atom is 0.231 e. The Morgan fingerprint density at radius 3 is 2.53 bits per heavy atom. The van der Waals surface area contributed by atoms with Gasteiger partial charge in [0.05, 0.1) is 6.54 Å². The molecular formula is C13H25N3O. The highest BCUT2D eigenvalue weighted by Gasteiger charge is 2.27. The highest BCUT2D eigenvalue weighted by Crippen LogP contribution is 2.26. The summed E-state index contributed by atoms with van der Waals surface area (Å²) in [4.78, 5) is 13.0. The first-order valence-corrected chi connectivity index (χ1v) is 6.92. The van der Waals surface area contributed by atoms with E-state index in [4.69, 9.17) is 5.73 Å². The second-order valence-electron chi connectivity index (χ2n) is 5.70. The Morgan fingerprint density at radius 1 is 1.29 bits per heavy atom. The highest BCUT2D eigenvalue weighted by atomic mass is 16.1. The van der Waals surface area contributed by atoms with E-state index in [0.29, 0.717) is 12.6 Å². The summed E-state index contributed by atoms with van der Waals surface area (Å²) in [5.41, 5.74) is 5.21. The van der Waals surface area contributed by atoms with Gasteiger partial charge in [-0.05, 0) is 31.6 Å². The fourth-order valence-electron chi connectivity index (χ4n) is 3.17. The van der Waals surface area contributed by atoms with E-state index in [9.17, 15) is 4.79 Å². The van der Waals surface area contributed by atoms with Crippen LogP contribution in [0.15, 0.2) is 0 Å². The van der Waals surface area contributed by atoms with Gasteiger partial charge in [-0.1, -0.05) is 13.3 Å². The third-order valence-electron chi connectivity index (χ3n) is 4.28. The van der Waals surface area contributed by atoms with Crippen LogP contribution in [0.5, 0.6) is 0 Å². The third kappa shape index (κ3) is 3.68. The van der Waals surface area contributed by atoms with E-state index in [2.05, 4.69) is 17.1 Å². The molecule has 2 fully saturated rings. The van der Waals surface area contributed by atoms with Crippen LogP contribution in [-0.4, -0.2) is 42.5 Å². The molecule has 1 amide bonds. The lowest BCUT2D eigenvalue weighted by molar-refractivity contribution is -0.119. The zero-order valence-electron chi connectivity index (χ0n) is 10.8. The van der Waals surface area contributed by atoms with Crippen LogP contribution >= 0.6 is 0 Å². The molecule has 2 aliphatic rings. The molecule has 0 bridgehead atoms. The van der Waals surface area contributed by atoms with Gasteiger partial charge in [-0.3, -0.25) is 9.69 Å². The molecule has 2 rings (SSSR count). The number of nitrogens with two attached hydrogens (primary N) is 1. The largest absolute Gasteiger partial charge is 0.369 e. The minimum absolute atomic E-state index is 0.208. The molecule has 1 heterocycles. The SMILES string of the molecule is CC1CCCC1NC1CCN(CC(N)=O)CC1. The molecule has 1 aliphatic heterocycles. The molecule has 0 radical (unpaired) electrons. The van der Waals surface area contributed by atoms with Crippen LogP contribution in [0, 0.1) is 5.92 Å². The number of hydrogen-bond donors (Lipinski definition) is 2. The molecule has 17 heavy (non-hydrogen) atoms. The molecule has 2 unspecified atom stereocenters. The van der Waals surface area contributed by atoms with Gasteiger partial charge in [0.15, 0.2) is 0 Å². The number of carbonyl (C=O) groups is 1. The summed E-state index contributed by atoms with van der Waals surface area (Å²) in [6.07, 6.45) is 6.38. The molecule has 3 N–H and O–H groups in total. The van der Waals surface area contributed by atoms with Crippen molar-refractivity contribution in [1.82, 2.24) is 10.2 Å². The van der Waals surface area contributed by atoms with Crippen LogP contribution in [0.2, 0.25) is 0 Å². The minimum atomic E-state index is -0.208. The van der Waals surface area contributed by atoms with Crippen molar-refractivity contribution in [3.63, 3.8) is 0 Å². The summed E-state index contributed by atoms with van der Waals surface area (Å²) in [6, 6.07) is 1.37. The second-order valence-corrected chi connectivity index (χ2v) is 5.70. The average Bonchev–Trinajstić information content (AvgIpc) is 2.67. The second kappa shape index (κ2) is 5.83. The van der Waals surface area contributed by atoms with Gasteiger partial charge >= 0.3 is 0 Å². The number of hydrogen-bond acceptors (Lipinski definition) is 3. The zero-order valence-corrected chi connectivity index (χ0v) is 10.8. The monoisotopic (exact) mass is 239 g/mol.